The molecule has 28 heavy (non-hydrogen) atoms. The van der Waals surface area contributed by atoms with Gasteiger partial charge in [0, 0.05) is 11.6 Å². The van der Waals surface area contributed by atoms with Crippen LogP contribution in [-0.2, 0) is 10.1 Å². The van der Waals surface area contributed by atoms with Crippen LogP contribution in [0.4, 0.5) is 0 Å². The minimum absolute atomic E-state index is 0.0460. The van der Waals surface area contributed by atoms with E-state index in [0.717, 1.165) is 11.1 Å². The predicted octanol–water partition coefficient (Wildman–Crippen LogP) is 4.54. The van der Waals surface area contributed by atoms with Crippen molar-refractivity contribution in [2.45, 2.75) is 11.8 Å². The van der Waals surface area contributed by atoms with Crippen molar-refractivity contribution in [3.05, 3.63) is 94.6 Å². The van der Waals surface area contributed by atoms with Gasteiger partial charge in [0.2, 0.25) is 0 Å². The van der Waals surface area contributed by atoms with E-state index in [1.54, 1.807) is 12.1 Å². The summed E-state index contributed by atoms with van der Waals surface area (Å²) in [5.74, 6) is 0.492. The number of aryl methyl sites for hydroxylation is 1. The molecule has 0 N–H and O–H groups in total. The Morgan fingerprint density at radius 2 is 1.57 bits per heavy atom. The summed E-state index contributed by atoms with van der Waals surface area (Å²) in [6.07, 6.45) is 0. The van der Waals surface area contributed by atoms with Crippen LogP contribution < -0.4 is 9.61 Å². The van der Waals surface area contributed by atoms with E-state index in [-0.39, 0.29) is 21.5 Å². The van der Waals surface area contributed by atoms with E-state index in [1.165, 1.54) is 36.4 Å². The maximum Gasteiger partial charge on any atom is 0.339 e. The van der Waals surface area contributed by atoms with Crippen molar-refractivity contribution >= 4 is 21.1 Å². The second-order valence-electron chi connectivity index (χ2n) is 6.35. The monoisotopic (exact) mass is 392 g/mol. The highest BCUT2D eigenvalue weighted by molar-refractivity contribution is 7.87. The summed E-state index contributed by atoms with van der Waals surface area (Å²) >= 11 is 0. The highest BCUT2D eigenvalue weighted by Gasteiger charge is 2.17. The van der Waals surface area contributed by atoms with Crippen molar-refractivity contribution in [3.8, 4) is 17.1 Å². The topological polar surface area (TPSA) is 73.6 Å². The van der Waals surface area contributed by atoms with E-state index in [0.29, 0.717) is 11.3 Å². The maximum atomic E-state index is 12.5. The zero-order valence-corrected chi connectivity index (χ0v) is 15.8. The van der Waals surface area contributed by atoms with E-state index in [9.17, 15) is 13.2 Å². The molecule has 0 spiro atoms. The molecule has 0 aliphatic carbocycles. The fraction of sp³-hybridized carbons (Fsp3) is 0.0455. The Balaban J connectivity index is 1.71. The molecular formula is C22H16O5S. The SMILES string of the molecule is Cc1ccc(S(=O)(=O)Oc2ccc3oc(-c4ccccc4)cc(=O)c3c2)cc1. The minimum atomic E-state index is -4.00. The van der Waals surface area contributed by atoms with Crippen molar-refractivity contribution in [2.75, 3.05) is 0 Å². The fourth-order valence-electron chi connectivity index (χ4n) is 2.81. The van der Waals surface area contributed by atoms with Gasteiger partial charge >= 0.3 is 10.1 Å². The first-order valence-corrected chi connectivity index (χ1v) is 9.98. The van der Waals surface area contributed by atoms with Gasteiger partial charge in [-0.05, 0) is 37.3 Å². The molecule has 0 atom stereocenters. The summed E-state index contributed by atoms with van der Waals surface area (Å²) in [7, 11) is -4.00. The molecule has 0 aliphatic heterocycles. The van der Waals surface area contributed by atoms with Crippen molar-refractivity contribution in [1.82, 2.24) is 0 Å². The molecule has 0 bridgehead atoms. The van der Waals surface area contributed by atoms with Crippen LogP contribution in [0.2, 0.25) is 0 Å². The van der Waals surface area contributed by atoms with Crippen molar-refractivity contribution in [1.29, 1.82) is 0 Å². The molecule has 0 amide bonds. The second kappa shape index (κ2) is 6.98. The molecule has 0 fully saturated rings. The lowest BCUT2D eigenvalue weighted by Gasteiger charge is -2.08. The minimum Gasteiger partial charge on any atom is -0.456 e. The first kappa shape index (κ1) is 18.0. The van der Waals surface area contributed by atoms with Gasteiger partial charge in [0.1, 0.15) is 22.0 Å². The summed E-state index contributed by atoms with van der Waals surface area (Å²) in [5.41, 5.74) is 1.80. The molecule has 5 nitrogen and oxygen atoms in total. The molecular weight excluding hydrogens is 376 g/mol. The van der Waals surface area contributed by atoms with Crippen LogP contribution in [0.15, 0.2) is 93.0 Å². The summed E-state index contributed by atoms with van der Waals surface area (Å²) < 4.78 is 35.9. The molecule has 1 heterocycles. The van der Waals surface area contributed by atoms with Crippen LogP contribution >= 0.6 is 0 Å². The molecule has 6 heteroatoms. The molecule has 1 aromatic heterocycles. The Labute approximate surface area is 162 Å². The number of hydrogen-bond acceptors (Lipinski definition) is 5. The third-order valence-electron chi connectivity index (χ3n) is 4.27. The van der Waals surface area contributed by atoms with Gasteiger partial charge < -0.3 is 8.60 Å². The molecule has 4 aromatic rings. The Morgan fingerprint density at radius 3 is 2.29 bits per heavy atom. The number of hydrogen-bond donors (Lipinski definition) is 0. The third kappa shape index (κ3) is 3.54. The van der Waals surface area contributed by atoms with Crippen LogP contribution in [0.1, 0.15) is 5.56 Å². The zero-order chi connectivity index (χ0) is 19.7. The lowest BCUT2D eigenvalue weighted by molar-refractivity contribution is 0.486. The third-order valence-corrected chi connectivity index (χ3v) is 5.53. The van der Waals surface area contributed by atoms with Crippen molar-refractivity contribution < 1.29 is 17.0 Å². The lowest BCUT2D eigenvalue weighted by Crippen LogP contribution is -2.10. The van der Waals surface area contributed by atoms with Gasteiger partial charge in [0.15, 0.2) is 5.43 Å². The van der Waals surface area contributed by atoms with Gasteiger partial charge in [0.05, 0.1) is 5.39 Å². The predicted molar refractivity (Wildman–Crippen MR) is 107 cm³/mol. The zero-order valence-electron chi connectivity index (χ0n) is 15.0. The first-order valence-electron chi connectivity index (χ1n) is 8.57. The number of fused-ring (bicyclic) bond motifs is 1. The van der Waals surface area contributed by atoms with Gasteiger partial charge in [0.25, 0.3) is 0 Å². The first-order chi connectivity index (χ1) is 13.4. The van der Waals surface area contributed by atoms with Gasteiger partial charge in [-0.15, -0.1) is 0 Å². The average molecular weight is 392 g/mol. The average Bonchev–Trinajstić information content (AvgIpc) is 2.69. The molecule has 0 radical (unpaired) electrons. The molecule has 140 valence electrons. The summed E-state index contributed by atoms with van der Waals surface area (Å²) in [5, 5.41) is 0.247. The quantitative estimate of drug-likeness (QED) is 0.477. The summed E-state index contributed by atoms with van der Waals surface area (Å²) in [6, 6.07) is 21.4. The van der Waals surface area contributed by atoms with Crippen LogP contribution in [-0.4, -0.2) is 8.42 Å². The van der Waals surface area contributed by atoms with E-state index >= 15 is 0 Å². The van der Waals surface area contributed by atoms with E-state index in [4.69, 9.17) is 8.60 Å². The van der Waals surface area contributed by atoms with Crippen molar-refractivity contribution in [3.63, 3.8) is 0 Å². The molecule has 0 aliphatic rings. The van der Waals surface area contributed by atoms with Gasteiger partial charge in [-0.25, -0.2) is 0 Å². The molecule has 3 aromatic carbocycles. The van der Waals surface area contributed by atoms with Crippen LogP contribution in [0, 0.1) is 6.92 Å². The second-order valence-corrected chi connectivity index (χ2v) is 7.90. The van der Waals surface area contributed by atoms with E-state index in [2.05, 4.69) is 0 Å². The van der Waals surface area contributed by atoms with Gasteiger partial charge in [-0.1, -0.05) is 48.0 Å². The van der Waals surface area contributed by atoms with E-state index in [1.807, 2.05) is 37.3 Å². The standard InChI is InChI=1S/C22H16O5S/c1-15-7-10-18(11-8-15)28(24,25)27-17-9-12-21-19(13-17)20(23)14-22(26-21)16-5-3-2-4-6-16/h2-14H,1H3. The molecule has 0 unspecified atom stereocenters. The maximum absolute atomic E-state index is 12.5. The highest BCUT2D eigenvalue weighted by Crippen LogP contribution is 2.26. The Bertz CT molecular complexity index is 1300. The number of benzene rings is 3. The van der Waals surface area contributed by atoms with E-state index < -0.39 is 10.1 Å². The fourth-order valence-corrected chi connectivity index (χ4v) is 3.73. The lowest BCUT2D eigenvalue weighted by atomic mass is 10.1. The smallest absolute Gasteiger partial charge is 0.339 e. The number of rotatable bonds is 4. The van der Waals surface area contributed by atoms with Crippen molar-refractivity contribution in [2.24, 2.45) is 0 Å². The Morgan fingerprint density at radius 1 is 0.857 bits per heavy atom. The van der Waals surface area contributed by atoms with Crippen LogP contribution in [0.3, 0.4) is 0 Å². The highest BCUT2D eigenvalue weighted by atomic mass is 32.2. The molecule has 4 rings (SSSR count). The summed E-state index contributed by atoms with van der Waals surface area (Å²) in [6.45, 7) is 1.86. The van der Waals surface area contributed by atoms with Crippen LogP contribution in [0.25, 0.3) is 22.3 Å². The van der Waals surface area contributed by atoms with Gasteiger partial charge in [-0.3, -0.25) is 4.79 Å². The normalized spacial score (nSPS) is 11.5. The molecule has 0 saturated carbocycles. The molecule has 0 saturated heterocycles. The van der Waals surface area contributed by atoms with Gasteiger partial charge in [-0.2, -0.15) is 8.42 Å². The largest absolute Gasteiger partial charge is 0.456 e. The van der Waals surface area contributed by atoms with Crippen LogP contribution in [0.5, 0.6) is 5.75 Å². The Kier molecular flexibility index (Phi) is 4.49. The Hall–Kier alpha value is -3.38. The summed E-state index contributed by atoms with van der Waals surface area (Å²) in [4.78, 5) is 12.6.